The molecule has 15 nitrogen and oxygen atoms in total. The lowest BCUT2D eigenvalue weighted by molar-refractivity contribution is -0.142. The van der Waals surface area contributed by atoms with E-state index in [1.807, 2.05) is 17.7 Å². The molecular formula is C35H45FN6O9S. The highest BCUT2D eigenvalue weighted by Gasteiger charge is 2.64. The van der Waals surface area contributed by atoms with Crippen LogP contribution in [-0.2, 0) is 24.4 Å². The molecule has 0 radical (unpaired) electrons. The zero-order valence-electron chi connectivity index (χ0n) is 29.6. The number of hydrogen-bond donors (Lipinski definition) is 4. The molecule has 52 heavy (non-hydrogen) atoms. The van der Waals surface area contributed by atoms with Crippen LogP contribution in [0.25, 0.3) is 11.0 Å². The predicted octanol–water partition coefficient (Wildman–Crippen LogP) is 2.77. The number of nitrogens with zero attached hydrogens (tertiary/aromatic N) is 3. The number of allylic oxidation sites excluding steroid dienone is 1. The van der Waals surface area contributed by atoms with Gasteiger partial charge in [0.15, 0.2) is 0 Å². The number of aryl methyl sites for hydroxylation is 1. The van der Waals surface area contributed by atoms with Gasteiger partial charge in [0, 0.05) is 18.4 Å². The number of benzene rings is 1. The summed E-state index contributed by atoms with van der Waals surface area (Å²) in [5.74, 6) is -2.49. The molecule has 4 aliphatic rings. The Labute approximate surface area is 301 Å². The SMILES string of the molecule is COc1ccc2nc(O[C@@H]3C[C@H]4C(=O)N[C@]5(C(=O)NS(=O)(=O)C6(CF)CC6)C[C@H]5/C=C\CC[C@@H](C)C[C@@H](C)[C@H](NC(=O)O)C(=O)N4C3)c(C)nc2c1. The number of ether oxygens (including phenoxy) is 2. The summed E-state index contributed by atoms with van der Waals surface area (Å²) in [6.45, 7) is 4.23. The number of alkyl halides is 1. The van der Waals surface area contributed by atoms with Crippen LogP contribution >= 0.6 is 0 Å². The number of rotatable bonds is 8. The number of aromatic nitrogens is 2. The van der Waals surface area contributed by atoms with Crippen LogP contribution in [0.1, 0.15) is 64.5 Å². The van der Waals surface area contributed by atoms with Gasteiger partial charge in [-0.05, 0) is 69.4 Å². The van der Waals surface area contributed by atoms with Crippen molar-refractivity contribution in [2.24, 2.45) is 17.8 Å². The molecule has 282 valence electrons. The molecule has 2 aliphatic carbocycles. The number of halogens is 1. The first-order chi connectivity index (χ1) is 24.6. The van der Waals surface area contributed by atoms with Gasteiger partial charge in [-0.3, -0.25) is 19.1 Å². The minimum Gasteiger partial charge on any atom is -0.497 e. The normalized spacial score (nSPS) is 30.8. The van der Waals surface area contributed by atoms with Gasteiger partial charge in [0.1, 0.15) is 46.6 Å². The molecule has 0 spiro atoms. The summed E-state index contributed by atoms with van der Waals surface area (Å²) in [5, 5.41) is 14.9. The number of sulfonamides is 1. The van der Waals surface area contributed by atoms with Crippen molar-refractivity contribution in [2.75, 3.05) is 20.3 Å². The Hall–Kier alpha value is -4.54. The highest BCUT2D eigenvalue weighted by Crippen LogP contribution is 2.48. The number of fused-ring (bicyclic) bond motifs is 3. The maximum atomic E-state index is 14.3. The summed E-state index contributed by atoms with van der Waals surface area (Å²) >= 11 is 0. The fraction of sp³-hybridized carbons (Fsp3) is 0.600. The molecule has 4 N–H and O–H groups in total. The second kappa shape index (κ2) is 14.1. The van der Waals surface area contributed by atoms with Crippen molar-refractivity contribution < 1.29 is 46.6 Å². The van der Waals surface area contributed by atoms with Crippen LogP contribution < -0.4 is 24.8 Å². The lowest BCUT2D eigenvalue weighted by Crippen LogP contribution is -2.59. The van der Waals surface area contributed by atoms with Gasteiger partial charge in [-0.25, -0.2) is 27.6 Å². The molecule has 0 unspecified atom stereocenters. The number of methoxy groups -OCH3 is 1. The molecule has 1 saturated heterocycles. The van der Waals surface area contributed by atoms with E-state index < -0.39 is 80.8 Å². The van der Waals surface area contributed by atoms with Gasteiger partial charge in [-0.15, -0.1) is 0 Å². The number of amides is 4. The molecule has 17 heteroatoms. The quantitative estimate of drug-likeness (QED) is 0.289. The summed E-state index contributed by atoms with van der Waals surface area (Å²) in [4.78, 5) is 64.7. The third-order valence-corrected chi connectivity index (χ3v) is 12.9. The first-order valence-corrected chi connectivity index (χ1v) is 19.0. The molecule has 3 fully saturated rings. The predicted molar refractivity (Wildman–Crippen MR) is 186 cm³/mol. The van der Waals surface area contributed by atoms with E-state index in [0.29, 0.717) is 41.7 Å². The van der Waals surface area contributed by atoms with E-state index in [4.69, 9.17) is 9.47 Å². The van der Waals surface area contributed by atoms with Crippen LogP contribution in [-0.4, -0.2) is 101 Å². The van der Waals surface area contributed by atoms with E-state index in [1.165, 1.54) is 12.0 Å². The molecule has 2 aliphatic heterocycles. The minimum atomic E-state index is -4.39. The van der Waals surface area contributed by atoms with Crippen molar-refractivity contribution in [3.8, 4) is 11.6 Å². The summed E-state index contributed by atoms with van der Waals surface area (Å²) in [7, 11) is -2.85. The third-order valence-electron chi connectivity index (χ3n) is 10.8. The molecule has 1 aromatic carbocycles. The maximum absolute atomic E-state index is 14.3. The van der Waals surface area contributed by atoms with Gasteiger partial charge in [0.25, 0.3) is 5.91 Å². The number of hydrogen-bond acceptors (Lipinski definition) is 10. The van der Waals surface area contributed by atoms with Gasteiger partial charge >= 0.3 is 6.09 Å². The molecule has 0 bridgehead atoms. The second-order valence-electron chi connectivity index (χ2n) is 14.7. The van der Waals surface area contributed by atoms with Crippen LogP contribution in [0.15, 0.2) is 30.4 Å². The van der Waals surface area contributed by atoms with Crippen molar-refractivity contribution in [3.63, 3.8) is 0 Å². The van der Waals surface area contributed by atoms with E-state index in [0.717, 1.165) is 0 Å². The van der Waals surface area contributed by atoms with Crippen molar-refractivity contribution in [1.82, 2.24) is 30.2 Å². The topological polar surface area (TPSA) is 206 Å². The van der Waals surface area contributed by atoms with Crippen molar-refractivity contribution in [2.45, 2.75) is 94.2 Å². The number of carbonyl (C=O) groups excluding carboxylic acids is 3. The minimum absolute atomic E-state index is 0.0502. The summed E-state index contributed by atoms with van der Waals surface area (Å²) in [6.07, 6.45) is 3.46. The van der Waals surface area contributed by atoms with E-state index in [2.05, 4.69) is 20.6 Å². The largest absolute Gasteiger partial charge is 0.497 e. The summed E-state index contributed by atoms with van der Waals surface area (Å²) < 4.78 is 51.8. The Kier molecular flexibility index (Phi) is 10.1. The molecule has 2 saturated carbocycles. The standard InChI is InChI=1S/C35H45FN6O9S/c1-19-7-5-6-8-22-16-35(22,32(45)41-52(48,49)34(18-36)11-12-34)40-29(43)27-15-24(17-42(27)31(44)28(20(2)13-19)39-33(46)47)51-30-21(3)37-26-14-23(50-4)9-10-25(26)38-30/h6,8-10,14,19-20,22,24,27-28,39H,5,7,11-13,15-18H2,1-4H3,(H,40,43)(H,41,45)(H,46,47)/b8-6-/t19-,20-,22-,24-,27+,28+,35-/m1/s1. The molecule has 6 rings (SSSR count). The summed E-state index contributed by atoms with van der Waals surface area (Å²) in [5.41, 5.74) is -0.130. The third kappa shape index (κ3) is 7.23. The van der Waals surface area contributed by atoms with Crippen LogP contribution in [0.3, 0.4) is 0 Å². The van der Waals surface area contributed by atoms with Crippen molar-refractivity contribution >= 4 is 44.9 Å². The number of carboxylic acid groups (broad SMARTS) is 1. The number of carbonyl (C=O) groups is 4. The van der Waals surface area contributed by atoms with Crippen molar-refractivity contribution in [1.29, 1.82) is 0 Å². The lowest BCUT2D eigenvalue weighted by atomic mass is 9.88. The Balaban J connectivity index is 1.33. The first-order valence-electron chi connectivity index (χ1n) is 17.5. The fourth-order valence-corrected chi connectivity index (χ4v) is 8.81. The fourth-order valence-electron chi connectivity index (χ4n) is 7.39. The van der Waals surface area contributed by atoms with E-state index in [9.17, 15) is 37.1 Å². The highest BCUT2D eigenvalue weighted by atomic mass is 32.2. The lowest BCUT2D eigenvalue weighted by Gasteiger charge is -2.32. The Morgan fingerprint density at radius 3 is 2.58 bits per heavy atom. The van der Waals surface area contributed by atoms with E-state index in [-0.39, 0.29) is 44.0 Å². The average Bonchev–Trinajstić information content (AvgIpc) is 4.00. The maximum Gasteiger partial charge on any atom is 0.405 e. The van der Waals surface area contributed by atoms with E-state index in [1.54, 1.807) is 38.1 Å². The zero-order valence-corrected chi connectivity index (χ0v) is 30.4. The van der Waals surface area contributed by atoms with Crippen LogP contribution in [0.2, 0.25) is 0 Å². The number of nitrogens with one attached hydrogen (secondary N) is 3. The molecule has 3 heterocycles. The Morgan fingerprint density at radius 1 is 1.15 bits per heavy atom. The van der Waals surface area contributed by atoms with Crippen LogP contribution in [0.4, 0.5) is 9.18 Å². The van der Waals surface area contributed by atoms with E-state index >= 15 is 0 Å². The molecule has 7 atom stereocenters. The summed E-state index contributed by atoms with van der Waals surface area (Å²) in [6, 6.07) is 2.75. The highest BCUT2D eigenvalue weighted by molar-refractivity contribution is 7.91. The molecule has 1 aromatic heterocycles. The zero-order chi connectivity index (χ0) is 37.6. The van der Waals surface area contributed by atoms with Gasteiger partial charge in [-0.1, -0.05) is 26.0 Å². The molecule has 2 aromatic rings. The van der Waals surface area contributed by atoms with Gasteiger partial charge in [0.05, 0.1) is 24.7 Å². The monoisotopic (exact) mass is 744 g/mol. The average molecular weight is 745 g/mol. The van der Waals surface area contributed by atoms with Gasteiger partial charge in [-0.2, -0.15) is 0 Å². The molecule has 4 amide bonds. The first kappa shape index (κ1) is 37.2. The molecular weight excluding hydrogens is 699 g/mol. The Bertz CT molecular complexity index is 1910. The second-order valence-corrected chi connectivity index (χ2v) is 16.8. The van der Waals surface area contributed by atoms with Gasteiger partial charge < -0.3 is 30.1 Å². The Morgan fingerprint density at radius 2 is 1.90 bits per heavy atom. The van der Waals surface area contributed by atoms with Gasteiger partial charge in [0.2, 0.25) is 27.7 Å². The van der Waals surface area contributed by atoms with Crippen LogP contribution in [0, 0.1) is 24.7 Å². The smallest absolute Gasteiger partial charge is 0.405 e. The van der Waals surface area contributed by atoms with Crippen molar-refractivity contribution in [3.05, 3.63) is 36.0 Å². The van der Waals surface area contributed by atoms with Crippen LogP contribution in [0.5, 0.6) is 11.6 Å².